The Kier molecular flexibility index (Phi) is 4.89. The molecule has 3 rings (SSSR count). The minimum atomic E-state index is -0.379. The maximum absolute atomic E-state index is 12.2. The molecular formula is C13H11ClN6OS2. The van der Waals surface area contributed by atoms with Crippen molar-refractivity contribution < 1.29 is 4.79 Å². The number of carbonyl (C=O) groups excluding carboxylic acids is 1. The summed E-state index contributed by atoms with van der Waals surface area (Å²) in [4.78, 5) is 16.2. The van der Waals surface area contributed by atoms with Crippen molar-refractivity contribution in [2.45, 2.75) is 17.3 Å². The molecule has 0 aliphatic carbocycles. The Labute approximate surface area is 145 Å². The lowest BCUT2D eigenvalue weighted by atomic mass is 10.3. The van der Waals surface area contributed by atoms with E-state index in [1.54, 1.807) is 35.3 Å². The van der Waals surface area contributed by atoms with E-state index in [1.807, 2.05) is 12.1 Å². The van der Waals surface area contributed by atoms with Gasteiger partial charge in [0.2, 0.25) is 11.1 Å². The summed E-state index contributed by atoms with van der Waals surface area (Å²) in [5, 5.41) is 17.5. The Morgan fingerprint density at radius 3 is 2.87 bits per heavy atom. The number of thiazole rings is 1. The SMILES string of the molecule is C[C@@H](Sc1nnnn1-c1ccc(Cl)cc1)C(=O)Nc1nccs1. The molecule has 0 radical (unpaired) electrons. The molecule has 2 heterocycles. The van der Waals surface area contributed by atoms with Crippen LogP contribution in [0.25, 0.3) is 5.69 Å². The number of amides is 1. The van der Waals surface area contributed by atoms with Crippen molar-refractivity contribution >= 4 is 45.7 Å². The third-order valence-electron chi connectivity index (χ3n) is 2.83. The van der Waals surface area contributed by atoms with Crippen LogP contribution < -0.4 is 5.32 Å². The van der Waals surface area contributed by atoms with Gasteiger partial charge in [-0.05, 0) is 41.6 Å². The first-order chi connectivity index (χ1) is 11.1. The van der Waals surface area contributed by atoms with Gasteiger partial charge in [-0.15, -0.1) is 16.4 Å². The highest BCUT2D eigenvalue weighted by molar-refractivity contribution is 8.00. The van der Waals surface area contributed by atoms with Crippen molar-refractivity contribution in [3.05, 3.63) is 40.9 Å². The van der Waals surface area contributed by atoms with Gasteiger partial charge in [0.15, 0.2) is 5.13 Å². The summed E-state index contributed by atoms with van der Waals surface area (Å²) < 4.78 is 1.56. The van der Waals surface area contributed by atoms with Crippen LogP contribution in [0, 0.1) is 0 Å². The van der Waals surface area contributed by atoms with Gasteiger partial charge in [0.1, 0.15) is 0 Å². The summed E-state index contributed by atoms with van der Waals surface area (Å²) >= 11 is 8.51. The number of tetrazole rings is 1. The maximum Gasteiger partial charge on any atom is 0.239 e. The number of carbonyl (C=O) groups is 1. The first kappa shape index (κ1) is 15.9. The number of hydrogen-bond acceptors (Lipinski definition) is 7. The molecule has 0 saturated carbocycles. The topological polar surface area (TPSA) is 85.6 Å². The molecule has 1 aromatic carbocycles. The second kappa shape index (κ2) is 7.07. The third-order valence-corrected chi connectivity index (χ3v) is 4.80. The fraction of sp³-hybridized carbons (Fsp3) is 0.154. The van der Waals surface area contributed by atoms with Crippen LogP contribution in [0.5, 0.6) is 0 Å². The molecule has 118 valence electrons. The number of nitrogens with one attached hydrogen (secondary N) is 1. The number of nitrogens with zero attached hydrogens (tertiary/aromatic N) is 5. The molecule has 7 nitrogen and oxygen atoms in total. The molecule has 0 aliphatic heterocycles. The van der Waals surface area contributed by atoms with Crippen LogP contribution in [0.4, 0.5) is 5.13 Å². The van der Waals surface area contributed by atoms with E-state index < -0.39 is 0 Å². The molecule has 23 heavy (non-hydrogen) atoms. The quantitative estimate of drug-likeness (QED) is 0.699. The van der Waals surface area contributed by atoms with E-state index in [9.17, 15) is 4.79 Å². The lowest BCUT2D eigenvalue weighted by Crippen LogP contribution is -2.22. The molecule has 1 amide bonds. The molecule has 0 aliphatic rings. The number of benzene rings is 1. The van der Waals surface area contributed by atoms with Crippen molar-refractivity contribution in [1.29, 1.82) is 0 Å². The average molecular weight is 367 g/mol. The summed E-state index contributed by atoms with van der Waals surface area (Å²) in [5.74, 6) is -0.157. The van der Waals surface area contributed by atoms with E-state index in [4.69, 9.17) is 11.6 Å². The van der Waals surface area contributed by atoms with Gasteiger partial charge in [-0.3, -0.25) is 4.79 Å². The Bertz CT molecular complexity index is 789. The second-order valence-electron chi connectivity index (χ2n) is 4.44. The van der Waals surface area contributed by atoms with Crippen LogP contribution in [0.2, 0.25) is 5.02 Å². The predicted octanol–water partition coefficient (Wildman–Crippen LogP) is 2.89. The largest absolute Gasteiger partial charge is 0.301 e. The normalized spacial score (nSPS) is 12.1. The van der Waals surface area contributed by atoms with Crippen molar-refractivity contribution in [2.24, 2.45) is 0 Å². The zero-order valence-electron chi connectivity index (χ0n) is 11.9. The smallest absolute Gasteiger partial charge is 0.239 e. The Morgan fingerprint density at radius 2 is 2.17 bits per heavy atom. The van der Waals surface area contributed by atoms with Gasteiger partial charge < -0.3 is 5.32 Å². The van der Waals surface area contributed by atoms with Gasteiger partial charge in [0, 0.05) is 16.6 Å². The van der Waals surface area contributed by atoms with Crippen LogP contribution in [0.3, 0.4) is 0 Å². The number of aromatic nitrogens is 5. The zero-order valence-corrected chi connectivity index (χ0v) is 14.3. The number of thioether (sulfide) groups is 1. The number of halogens is 1. The van der Waals surface area contributed by atoms with Crippen molar-refractivity contribution in [3.63, 3.8) is 0 Å². The molecule has 10 heteroatoms. The van der Waals surface area contributed by atoms with Gasteiger partial charge in [-0.25, -0.2) is 4.98 Å². The molecule has 0 bridgehead atoms. The first-order valence-electron chi connectivity index (χ1n) is 6.55. The Balaban J connectivity index is 1.72. The van der Waals surface area contributed by atoms with Gasteiger partial charge in [0.25, 0.3) is 0 Å². The maximum atomic E-state index is 12.2. The van der Waals surface area contributed by atoms with Gasteiger partial charge in [0.05, 0.1) is 10.9 Å². The molecule has 0 fully saturated rings. The van der Waals surface area contributed by atoms with E-state index in [2.05, 4.69) is 25.8 Å². The van der Waals surface area contributed by atoms with Gasteiger partial charge in [-0.2, -0.15) is 4.68 Å². The first-order valence-corrected chi connectivity index (χ1v) is 8.68. The average Bonchev–Trinajstić information content (AvgIpc) is 3.20. The van der Waals surface area contributed by atoms with E-state index >= 15 is 0 Å². The highest BCUT2D eigenvalue weighted by Gasteiger charge is 2.19. The summed E-state index contributed by atoms with van der Waals surface area (Å²) in [6.45, 7) is 1.79. The van der Waals surface area contributed by atoms with Crippen molar-refractivity contribution in [1.82, 2.24) is 25.2 Å². The minimum absolute atomic E-state index is 0.157. The molecule has 0 unspecified atom stereocenters. The number of hydrogen-bond donors (Lipinski definition) is 1. The highest BCUT2D eigenvalue weighted by atomic mass is 35.5. The monoisotopic (exact) mass is 366 g/mol. The zero-order chi connectivity index (χ0) is 16.2. The summed E-state index contributed by atoms with van der Waals surface area (Å²) in [7, 11) is 0. The molecule has 2 aromatic heterocycles. The molecule has 0 spiro atoms. The molecule has 3 aromatic rings. The fourth-order valence-corrected chi connectivity index (χ4v) is 3.17. The van der Waals surface area contributed by atoms with Gasteiger partial charge >= 0.3 is 0 Å². The molecule has 1 atom stereocenters. The van der Waals surface area contributed by atoms with Gasteiger partial charge in [-0.1, -0.05) is 23.4 Å². The Morgan fingerprint density at radius 1 is 1.39 bits per heavy atom. The van der Waals surface area contributed by atoms with Crippen LogP contribution in [0.15, 0.2) is 41.0 Å². The summed E-state index contributed by atoms with van der Waals surface area (Å²) in [6.07, 6.45) is 1.64. The predicted molar refractivity (Wildman–Crippen MR) is 90.2 cm³/mol. The van der Waals surface area contributed by atoms with Crippen LogP contribution in [-0.2, 0) is 4.79 Å². The van der Waals surface area contributed by atoms with E-state index in [0.29, 0.717) is 15.3 Å². The summed E-state index contributed by atoms with van der Waals surface area (Å²) in [5.41, 5.74) is 0.773. The lowest BCUT2D eigenvalue weighted by molar-refractivity contribution is -0.115. The van der Waals surface area contributed by atoms with E-state index in [-0.39, 0.29) is 11.2 Å². The van der Waals surface area contributed by atoms with Crippen LogP contribution in [-0.4, -0.2) is 36.3 Å². The van der Waals surface area contributed by atoms with Crippen LogP contribution >= 0.6 is 34.7 Å². The molecular weight excluding hydrogens is 356 g/mol. The lowest BCUT2D eigenvalue weighted by Gasteiger charge is -2.10. The fourth-order valence-electron chi connectivity index (χ4n) is 1.70. The third kappa shape index (κ3) is 3.87. The second-order valence-corrected chi connectivity index (χ2v) is 7.08. The standard InChI is InChI=1S/C13H11ClN6OS2/c1-8(11(21)16-12-15-6-7-22-12)23-13-17-18-19-20(13)10-4-2-9(14)3-5-10/h2-8H,1H3,(H,15,16,21)/t8-/m1/s1. The number of rotatable bonds is 5. The van der Waals surface area contributed by atoms with E-state index in [0.717, 1.165) is 5.69 Å². The van der Waals surface area contributed by atoms with E-state index in [1.165, 1.54) is 23.1 Å². The highest BCUT2D eigenvalue weighted by Crippen LogP contribution is 2.24. The molecule has 0 saturated heterocycles. The van der Waals surface area contributed by atoms with Crippen LogP contribution in [0.1, 0.15) is 6.92 Å². The minimum Gasteiger partial charge on any atom is -0.301 e. The summed E-state index contributed by atoms with van der Waals surface area (Å²) in [6, 6.07) is 7.13. The van der Waals surface area contributed by atoms with Crippen molar-refractivity contribution in [3.8, 4) is 5.69 Å². The van der Waals surface area contributed by atoms with Crippen molar-refractivity contribution in [2.75, 3.05) is 5.32 Å². The Hall–Kier alpha value is -1.97. The number of anilines is 1. The molecule has 1 N–H and O–H groups in total.